The molecule has 0 saturated heterocycles. The number of ether oxygens (including phenoxy) is 1. The first-order chi connectivity index (χ1) is 17.7. The van der Waals surface area contributed by atoms with E-state index < -0.39 is 0 Å². The molecule has 1 amide bonds. The second-order valence-electron chi connectivity index (χ2n) is 8.82. The third kappa shape index (κ3) is 5.31. The molecular weight excluding hydrogens is 446 g/mol. The number of hydrogen-bond acceptors (Lipinski definition) is 3. The lowest BCUT2D eigenvalue weighted by molar-refractivity contribution is -0.121. The Hall–Kier alpha value is -4.38. The van der Waals surface area contributed by atoms with E-state index in [9.17, 15) is 4.79 Å². The molecule has 1 unspecified atom stereocenters. The molecule has 0 aliphatic heterocycles. The Balaban J connectivity index is 1.47. The van der Waals surface area contributed by atoms with Crippen molar-refractivity contribution in [2.45, 2.75) is 32.2 Å². The molecule has 0 saturated carbocycles. The van der Waals surface area contributed by atoms with E-state index in [4.69, 9.17) is 4.74 Å². The van der Waals surface area contributed by atoms with Crippen LogP contribution in [-0.2, 0) is 17.8 Å². The molecule has 1 atom stereocenters. The van der Waals surface area contributed by atoms with Crippen molar-refractivity contribution in [1.82, 2.24) is 15.3 Å². The molecule has 0 aliphatic rings. The van der Waals surface area contributed by atoms with E-state index in [-0.39, 0.29) is 11.8 Å². The van der Waals surface area contributed by atoms with Gasteiger partial charge in [0.1, 0.15) is 11.5 Å². The van der Waals surface area contributed by atoms with Gasteiger partial charge in [-0.2, -0.15) is 0 Å². The van der Waals surface area contributed by atoms with Crippen molar-refractivity contribution < 1.29 is 9.53 Å². The molecule has 0 aliphatic carbocycles. The summed E-state index contributed by atoms with van der Waals surface area (Å²) in [5, 5.41) is 4.21. The minimum Gasteiger partial charge on any atom is -0.457 e. The van der Waals surface area contributed by atoms with E-state index in [1.807, 2.05) is 66.9 Å². The first-order valence-electron chi connectivity index (χ1n) is 12.3. The van der Waals surface area contributed by atoms with Gasteiger partial charge in [-0.15, -0.1) is 0 Å². The lowest BCUT2D eigenvalue weighted by Crippen LogP contribution is -2.25. The van der Waals surface area contributed by atoms with Crippen molar-refractivity contribution in [1.29, 1.82) is 0 Å². The maximum Gasteiger partial charge on any atom is 0.221 e. The smallest absolute Gasteiger partial charge is 0.221 e. The van der Waals surface area contributed by atoms with Crippen LogP contribution in [0.2, 0.25) is 0 Å². The van der Waals surface area contributed by atoms with Gasteiger partial charge < -0.3 is 15.0 Å². The summed E-state index contributed by atoms with van der Waals surface area (Å²) >= 11 is 0. The molecule has 2 aromatic heterocycles. The van der Waals surface area contributed by atoms with Gasteiger partial charge in [0.05, 0.1) is 0 Å². The van der Waals surface area contributed by atoms with Gasteiger partial charge in [0.2, 0.25) is 5.91 Å². The average molecular weight is 476 g/mol. The molecule has 0 spiro atoms. The standard InChI is InChI=1S/C31H29N3O2/c1-2-23-10-7-15-27-29(21-34-31(23)27)28(18-30(35)33-20-22-9-8-16-32-19-22)24-11-6-14-26(17-24)36-25-12-4-3-5-13-25/h3-17,19,21,28,34H,2,18,20H2,1H3,(H,33,35). The Kier molecular flexibility index (Phi) is 7.08. The van der Waals surface area contributed by atoms with Crippen LogP contribution in [0.15, 0.2) is 104 Å². The highest BCUT2D eigenvalue weighted by Crippen LogP contribution is 2.36. The van der Waals surface area contributed by atoms with Crippen LogP contribution in [0.1, 0.15) is 41.5 Å². The molecule has 36 heavy (non-hydrogen) atoms. The number of nitrogens with one attached hydrogen (secondary N) is 2. The second-order valence-corrected chi connectivity index (χ2v) is 8.82. The molecular formula is C31H29N3O2. The maximum atomic E-state index is 13.2. The van der Waals surface area contributed by atoms with E-state index in [0.717, 1.165) is 45.5 Å². The van der Waals surface area contributed by atoms with Crippen molar-refractivity contribution in [3.8, 4) is 11.5 Å². The highest BCUT2D eigenvalue weighted by atomic mass is 16.5. The summed E-state index contributed by atoms with van der Waals surface area (Å²) in [6.45, 7) is 2.60. The molecule has 0 fully saturated rings. The van der Waals surface area contributed by atoms with Gasteiger partial charge in [-0.3, -0.25) is 9.78 Å². The summed E-state index contributed by atoms with van der Waals surface area (Å²) in [5.74, 6) is 1.37. The number of aryl methyl sites for hydroxylation is 1. The van der Waals surface area contributed by atoms with Crippen LogP contribution >= 0.6 is 0 Å². The van der Waals surface area contributed by atoms with Gasteiger partial charge in [-0.25, -0.2) is 0 Å². The fourth-order valence-electron chi connectivity index (χ4n) is 4.61. The highest BCUT2D eigenvalue weighted by Gasteiger charge is 2.22. The van der Waals surface area contributed by atoms with E-state index >= 15 is 0 Å². The lowest BCUT2D eigenvalue weighted by Gasteiger charge is -2.18. The summed E-state index contributed by atoms with van der Waals surface area (Å²) in [6, 6.07) is 28.0. The van der Waals surface area contributed by atoms with Crippen molar-refractivity contribution in [2.75, 3.05) is 0 Å². The molecule has 5 nitrogen and oxygen atoms in total. The number of carbonyl (C=O) groups excluding carboxylic acids is 1. The van der Waals surface area contributed by atoms with E-state index in [1.165, 1.54) is 5.56 Å². The monoisotopic (exact) mass is 475 g/mol. The van der Waals surface area contributed by atoms with Gasteiger partial charge in [0, 0.05) is 48.4 Å². The molecule has 0 radical (unpaired) electrons. The largest absolute Gasteiger partial charge is 0.457 e. The number of para-hydroxylation sites is 2. The second kappa shape index (κ2) is 10.9. The van der Waals surface area contributed by atoms with E-state index in [1.54, 1.807) is 12.4 Å². The number of nitrogens with zero attached hydrogens (tertiary/aromatic N) is 1. The van der Waals surface area contributed by atoms with Gasteiger partial charge in [-0.1, -0.05) is 61.5 Å². The molecule has 5 heteroatoms. The van der Waals surface area contributed by atoms with Gasteiger partial charge >= 0.3 is 0 Å². The van der Waals surface area contributed by atoms with Crippen molar-refractivity contribution in [2.24, 2.45) is 0 Å². The number of H-pyrrole nitrogens is 1. The molecule has 5 rings (SSSR count). The number of pyridine rings is 1. The Morgan fingerprint density at radius 2 is 1.81 bits per heavy atom. The lowest BCUT2D eigenvalue weighted by atomic mass is 9.87. The maximum absolute atomic E-state index is 13.2. The van der Waals surface area contributed by atoms with Gasteiger partial charge in [-0.05, 0) is 59.0 Å². The summed E-state index contributed by atoms with van der Waals surface area (Å²) < 4.78 is 6.11. The number of fused-ring (bicyclic) bond motifs is 1. The summed E-state index contributed by atoms with van der Waals surface area (Å²) in [4.78, 5) is 20.8. The highest BCUT2D eigenvalue weighted by molar-refractivity contribution is 5.88. The molecule has 180 valence electrons. The van der Waals surface area contributed by atoms with Crippen molar-refractivity contribution in [3.63, 3.8) is 0 Å². The zero-order chi connectivity index (χ0) is 24.7. The quantitative estimate of drug-likeness (QED) is 0.248. The molecule has 2 N–H and O–H groups in total. The summed E-state index contributed by atoms with van der Waals surface area (Å²) in [6.07, 6.45) is 6.81. The molecule has 5 aromatic rings. The third-order valence-electron chi connectivity index (χ3n) is 6.43. The summed E-state index contributed by atoms with van der Waals surface area (Å²) in [7, 11) is 0. The number of amides is 1. The fourth-order valence-corrected chi connectivity index (χ4v) is 4.61. The van der Waals surface area contributed by atoms with E-state index in [2.05, 4.69) is 46.5 Å². The van der Waals surface area contributed by atoms with Crippen LogP contribution in [0.25, 0.3) is 10.9 Å². The normalized spacial score (nSPS) is 11.8. The van der Waals surface area contributed by atoms with Crippen LogP contribution in [0, 0.1) is 0 Å². The number of benzene rings is 3. The predicted octanol–water partition coefficient (Wildman–Crippen LogP) is 6.76. The van der Waals surface area contributed by atoms with Crippen molar-refractivity contribution >= 4 is 16.8 Å². The van der Waals surface area contributed by atoms with Gasteiger partial charge in [0.15, 0.2) is 0 Å². The Morgan fingerprint density at radius 1 is 0.972 bits per heavy atom. The average Bonchev–Trinajstić information content (AvgIpc) is 3.36. The molecule has 2 heterocycles. The number of rotatable bonds is 9. The first-order valence-corrected chi connectivity index (χ1v) is 12.3. The third-order valence-corrected chi connectivity index (χ3v) is 6.43. The zero-order valence-electron chi connectivity index (χ0n) is 20.3. The number of carbonyl (C=O) groups is 1. The molecule has 3 aromatic carbocycles. The van der Waals surface area contributed by atoms with Crippen LogP contribution < -0.4 is 10.1 Å². The first kappa shape index (κ1) is 23.4. The van der Waals surface area contributed by atoms with Crippen LogP contribution in [0.5, 0.6) is 11.5 Å². The Morgan fingerprint density at radius 3 is 2.61 bits per heavy atom. The topological polar surface area (TPSA) is 67.0 Å². The fraction of sp³-hybridized carbons (Fsp3) is 0.161. The predicted molar refractivity (Wildman–Crippen MR) is 143 cm³/mol. The zero-order valence-corrected chi connectivity index (χ0v) is 20.3. The van der Waals surface area contributed by atoms with Crippen LogP contribution in [0.3, 0.4) is 0 Å². The van der Waals surface area contributed by atoms with E-state index in [0.29, 0.717) is 13.0 Å². The van der Waals surface area contributed by atoms with Gasteiger partial charge in [0.25, 0.3) is 0 Å². The van der Waals surface area contributed by atoms with Crippen molar-refractivity contribution in [3.05, 3.63) is 126 Å². The number of aromatic amines is 1. The van der Waals surface area contributed by atoms with Crippen LogP contribution in [-0.4, -0.2) is 15.9 Å². The SMILES string of the molecule is CCc1cccc2c(C(CC(=O)NCc3cccnc3)c3cccc(Oc4ccccc4)c3)c[nH]c12. The number of hydrogen-bond donors (Lipinski definition) is 2. The molecule has 0 bridgehead atoms. The minimum absolute atomic E-state index is 0.0146. The Bertz CT molecular complexity index is 1440. The minimum atomic E-state index is -0.140. The van der Waals surface area contributed by atoms with Crippen LogP contribution in [0.4, 0.5) is 0 Å². The summed E-state index contributed by atoms with van der Waals surface area (Å²) in [5.41, 5.74) is 5.50. The number of aromatic nitrogens is 2. The Labute approximate surface area is 211 Å².